The van der Waals surface area contributed by atoms with Crippen LogP contribution in [0.4, 0.5) is 0 Å². The van der Waals surface area contributed by atoms with Gasteiger partial charge in [-0.15, -0.1) is 0 Å². The van der Waals surface area contributed by atoms with Crippen LogP contribution in [-0.4, -0.2) is 12.1 Å². The molecule has 0 saturated carbocycles. The van der Waals surface area contributed by atoms with Crippen molar-refractivity contribution in [3.8, 4) is 0 Å². The molecule has 88 valence electrons. The summed E-state index contributed by atoms with van der Waals surface area (Å²) < 4.78 is 0.953. The minimum atomic E-state index is -0.0220. The minimum absolute atomic E-state index is 0.0220. The van der Waals surface area contributed by atoms with Gasteiger partial charge in [0.2, 0.25) is 0 Å². The van der Waals surface area contributed by atoms with E-state index in [0.29, 0.717) is 0 Å². The van der Waals surface area contributed by atoms with Gasteiger partial charge in [-0.05, 0) is 33.1 Å². The Hall–Kier alpha value is -1.23. The maximum Gasteiger partial charge on any atom is 0.0836 e. The molecule has 0 saturated heterocycles. The van der Waals surface area contributed by atoms with Gasteiger partial charge in [-0.3, -0.25) is 4.98 Å². The number of aromatic nitrogens is 1. The van der Waals surface area contributed by atoms with Gasteiger partial charge in [0.15, 0.2) is 0 Å². The van der Waals surface area contributed by atoms with Crippen LogP contribution in [0.2, 0.25) is 0 Å². The maximum absolute atomic E-state index is 5.06. The van der Waals surface area contributed by atoms with Gasteiger partial charge >= 0.3 is 0 Å². The number of hydrogen-bond acceptors (Lipinski definition) is 3. The summed E-state index contributed by atoms with van der Waals surface area (Å²) in [6.07, 6.45) is 3.59. The second kappa shape index (κ2) is 5.91. The summed E-state index contributed by atoms with van der Waals surface area (Å²) in [7, 11) is 1.61. The lowest BCUT2D eigenvalue weighted by molar-refractivity contribution is 0.0715. The van der Waals surface area contributed by atoms with Crippen molar-refractivity contribution >= 4 is 15.9 Å². The predicted octanol–water partition coefficient (Wildman–Crippen LogP) is 3.08. The van der Waals surface area contributed by atoms with E-state index in [1.54, 1.807) is 13.3 Å². The maximum atomic E-state index is 5.06. The number of rotatable bonds is 4. The summed E-state index contributed by atoms with van der Waals surface area (Å²) in [5.41, 5.74) is 5.16. The fourth-order valence-electron chi connectivity index (χ4n) is 1.68. The molecule has 1 aromatic heterocycles. The second-order valence-electron chi connectivity index (χ2n) is 3.60. The second-order valence-corrected chi connectivity index (χ2v) is 4.52. The standard InChI is InChI=1S/C13H13BrN2O/c1-17-16-13(10-5-3-2-4-6-10)11-7-12(14)9-15-8-11/h2-9,13,16H,1H3. The van der Waals surface area contributed by atoms with Crippen molar-refractivity contribution in [2.45, 2.75) is 6.04 Å². The van der Waals surface area contributed by atoms with Crippen LogP contribution in [0.5, 0.6) is 0 Å². The fourth-order valence-corrected chi connectivity index (χ4v) is 2.06. The summed E-state index contributed by atoms with van der Waals surface area (Å²) in [5, 5.41) is 0. The molecular formula is C13H13BrN2O. The highest BCUT2D eigenvalue weighted by molar-refractivity contribution is 9.10. The van der Waals surface area contributed by atoms with Crippen LogP contribution < -0.4 is 5.48 Å². The highest BCUT2D eigenvalue weighted by Crippen LogP contribution is 2.23. The summed E-state index contributed by atoms with van der Waals surface area (Å²) in [4.78, 5) is 9.23. The molecule has 0 aliphatic rings. The van der Waals surface area contributed by atoms with E-state index in [0.717, 1.165) is 15.6 Å². The van der Waals surface area contributed by atoms with Crippen LogP contribution in [0.3, 0.4) is 0 Å². The molecule has 2 rings (SSSR count). The number of hydroxylamine groups is 1. The Morgan fingerprint density at radius 1 is 1.18 bits per heavy atom. The Labute approximate surface area is 109 Å². The average molecular weight is 293 g/mol. The molecule has 2 aromatic rings. The number of hydrogen-bond donors (Lipinski definition) is 1. The monoisotopic (exact) mass is 292 g/mol. The number of nitrogens with one attached hydrogen (secondary N) is 1. The van der Waals surface area contributed by atoms with Crippen LogP contribution >= 0.6 is 15.9 Å². The molecule has 1 N–H and O–H groups in total. The lowest BCUT2D eigenvalue weighted by Crippen LogP contribution is -2.21. The Bertz CT molecular complexity index is 476. The van der Waals surface area contributed by atoms with Gasteiger partial charge in [-0.1, -0.05) is 30.3 Å². The summed E-state index contributed by atoms with van der Waals surface area (Å²) in [5.74, 6) is 0. The molecule has 1 atom stereocenters. The molecule has 1 heterocycles. The fraction of sp³-hybridized carbons (Fsp3) is 0.154. The third-order valence-electron chi connectivity index (χ3n) is 2.43. The van der Waals surface area contributed by atoms with Gasteiger partial charge < -0.3 is 4.84 Å². The van der Waals surface area contributed by atoms with E-state index in [1.165, 1.54) is 0 Å². The summed E-state index contributed by atoms with van der Waals surface area (Å²) in [6, 6.07) is 12.1. The van der Waals surface area contributed by atoms with Gasteiger partial charge in [0.05, 0.1) is 13.2 Å². The van der Waals surface area contributed by atoms with E-state index in [9.17, 15) is 0 Å². The van der Waals surface area contributed by atoms with E-state index in [4.69, 9.17) is 4.84 Å². The van der Waals surface area contributed by atoms with Crippen LogP contribution in [0.25, 0.3) is 0 Å². The highest BCUT2D eigenvalue weighted by atomic mass is 79.9. The highest BCUT2D eigenvalue weighted by Gasteiger charge is 2.13. The van der Waals surface area contributed by atoms with Crippen LogP contribution in [0.15, 0.2) is 53.3 Å². The quantitative estimate of drug-likeness (QED) is 0.880. The van der Waals surface area contributed by atoms with Crippen molar-refractivity contribution in [1.29, 1.82) is 0 Å². The van der Waals surface area contributed by atoms with E-state index in [-0.39, 0.29) is 6.04 Å². The first-order valence-corrected chi connectivity index (χ1v) is 6.04. The van der Waals surface area contributed by atoms with Gasteiger partial charge in [-0.25, -0.2) is 0 Å². The summed E-state index contributed by atoms with van der Waals surface area (Å²) >= 11 is 3.42. The first-order valence-electron chi connectivity index (χ1n) is 5.25. The Balaban J connectivity index is 2.35. The smallest absolute Gasteiger partial charge is 0.0836 e. The molecule has 0 spiro atoms. The van der Waals surface area contributed by atoms with Crippen molar-refractivity contribution in [2.75, 3.05) is 7.11 Å². The number of benzene rings is 1. The largest absolute Gasteiger partial charge is 0.304 e. The Kier molecular flexibility index (Phi) is 4.25. The topological polar surface area (TPSA) is 34.1 Å². The zero-order valence-electron chi connectivity index (χ0n) is 9.43. The number of nitrogens with zero attached hydrogens (tertiary/aromatic N) is 1. The van der Waals surface area contributed by atoms with Crippen LogP contribution in [0, 0.1) is 0 Å². The minimum Gasteiger partial charge on any atom is -0.304 e. The average Bonchev–Trinajstić information content (AvgIpc) is 2.37. The van der Waals surface area contributed by atoms with E-state index in [2.05, 4.69) is 38.5 Å². The number of halogens is 1. The normalized spacial score (nSPS) is 12.4. The molecule has 1 aromatic carbocycles. The molecule has 1 unspecified atom stereocenters. The first kappa shape index (κ1) is 12.2. The first-order chi connectivity index (χ1) is 8.31. The third-order valence-corrected chi connectivity index (χ3v) is 2.86. The van der Waals surface area contributed by atoms with Gasteiger partial charge in [0.1, 0.15) is 0 Å². The predicted molar refractivity (Wildman–Crippen MR) is 70.4 cm³/mol. The number of pyridine rings is 1. The van der Waals surface area contributed by atoms with Gasteiger partial charge in [-0.2, -0.15) is 5.48 Å². The van der Waals surface area contributed by atoms with Crippen molar-refractivity contribution in [2.24, 2.45) is 0 Å². The molecule has 0 bridgehead atoms. The zero-order chi connectivity index (χ0) is 12.1. The van der Waals surface area contributed by atoms with Crippen molar-refractivity contribution < 1.29 is 4.84 Å². The van der Waals surface area contributed by atoms with Gasteiger partial charge in [0, 0.05) is 16.9 Å². The zero-order valence-corrected chi connectivity index (χ0v) is 11.0. The Morgan fingerprint density at radius 2 is 1.94 bits per heavy atom. The molecule has 3 nitrogen and oxygen atoms in total. The van der Waals surface area contributed by atoms with Crippen molar-refractivity contribution in [1.82, 2.24) is 10.5 Å². The molecule has 0 aliphatic carbocycles. The SMILES string of the molecule is CONC(c1ccccc1)c1cncc(Br)c1. The van der Waals surface area contributed by atoms with E-state index < -0.39 is 0 Å². The molecule has 0 amide bonds. The van der Waals surface area contributed by atoms with Crippen LogP contribution in [-0.2, 0) is 4.84 Å². The molecule has 17 heavy (non-hydrogen) atoms. The molecular weight excluding hydrogens is 280 g/mol. The molecule has 4 heteroatoms. The summed E-state index contributed by atoms with van der Waals surface area (Å²) in [6.45, 7) is 0. The Morgan fingerprint density at radius 3 is 2.59 bits per heavy atom. The van der Waals surface area contributed by atoms with E-state index >= 15 is 0 Å². The van der Waals surface area contributed by atoms with Gasteiger partial charge in [0.25, 0.3) is 0 Å². The van der Waals surface area contributed by atoms with Crippen molar-refractivity contribution in [3.05, 3.63) is 64.4 Å². The molecule has 0 radical (unpaired) electrons. The molecule has 0 fully saturated rings. The third kappa shape index (κ3) is 3.12. The van der Waals surface area contributed by atoms with E-state index in [1.807, 2.05) is 30.5 Å². The molecule has 0 aliphatic heterocycles. The lowest BCUT2D eigenvalue weighted by Gasteiger charge is -2.17. The lowest BCUT2D eigenvalue weighted by atomic mass is 10.0. The van der Waals surface area contributed by atoms with Crippen LogP contribution in [0.1, 0.15) is 17.2 Å². The van der Waals surface area contributed by atoms with Crippen molar-refractivity contribution in [3.63, 3.8) is 0 Å².